The summed E-state index contributed by atoms with van der Waals surface area (Å²) in [7, 11) is 0. The largest absolute Gasteiger partial charge is 0.444 e. The van der Waals surface area contributed by atoms with Crippen molar-refractivity contribution in [1.82, 2.24) is 9.88 Å². The lowest BCUT2D eigenvalue weighted by Gasteiger charge is -2.29. The smallest absolute Gasteiger partial charge is 0.410 e. The lowest BCUT2D eigenvalue weighted by atomic mass is 10.2. The third-order valence-corrected chi connectivity index (χ3v) is 4.66. The predicted octanol–water partition coefficient (Wildman–Crippen LogP) is 3.26. The van der Waals surface area contributed by atoms with Crippen LogP contribution in [-0.4, -0.2) is 34.7 Å². The van der Waals surface area contributed by atoms with Crippen molar-refractivity contribution in [2.45, 2.75) is 52.2 Å². The highest BCUT2D eigenvalue weighted by Gasteiger charge is 2.28. The molecule has 1 aromatic heterocycles. The molecular weight excluding hydrogens is 286 g/mol. The Morgan fingerprint density at radius 3 is 2.90 bits per heavy atom. The highest BCUT2D eigenvalue weighted by molar-refractivity contribution is 7.15. The zero-order chi connectivity index (χ0) is 15.0. The SMILES string of the molecule is CC(C)(C)OC(=O)N1CCc2nc(NCC3CC3)sc2C1. The molecule has 2 heterocycles. The van der Waals surface area contributed by atoms with Gasteiger partial charge in [0.2, 0.25) is 0 Å². The molecule has 5 nitrogen and oxygen atoms in total. The van der Waals surface area contributed by atoms with Crippen LogP contribution in [-0.2, 0) is 17.7 Å². The van der Waals surface area contributed by atoms with Crippen LogP contribution in [0.3, 0.4) is 0 Å². The molecule has 1 aliphatic heterocycles. The maximum atomic E-state index is 12.1. The average molecular weight is 309 g/mol. The van der Waals surface area contributed by atoms with E-state index >= 15 is 0 Å². The number of carbonyl (C=O) groups excluding carboxylic acids is 1. The molecule has 0 radical (unpaired) electrons. The van der Waals surface area contributed by atoms with Gasteiger partial charge >= 0.3 is 6.09 Å². The van der Waals surface area contributed by atoms with Crippen LogP contribution in [0, 0.1) is 5.92 Å². The van der Waals surface area contributed by atoms with E-state index in [0.29, 0.717) is 13.1 Å². The van der Waals surface area contributed by atoms with Gasteiger partial charge in [0.1, 0.15) is 5.60 Å². The van der Waals surface area contributed by atoms with Crippen LogP contribution in [0.4, 0.5) is 9.93 Å². The number of hydrogen-bond acceptors (Lipinski definition) is 5. The molecule has 1 N–H and O–H groups in total. The Morgan fingerprint density at radius 2 is 2.24 bits per heavy atom. The maximum absolute atomic E-state index is 12.1. The van der Waals surface area contributed by atoms with Gasteiger partial charge in [-0.25, -0.2) is 9.78 Å². The third-order valence-electron chi connectivity index (χ3n) is 3.62. The van der Waals surface area contributed by atoms with Gasteiger partial charge in [-0.15, -0.1) is 0 Å². The van der Waals surface area contributed by atoms with E-state index in [1.807, 2.05) is 20.8 Å². The van der Waals surface area contributed by atoms with Crippen molar-refractivity contribution in [2.24, 2.45) is 5.92 Å². The molecule has 1 saturated carbocycles. The van der Waals surface area contributed by atoms with Gasteiger partial charge in [-0.2, -0.15) is 0 Å². The maximum Gasteiger partial charge on any atom is 0.410 e. The minimum atomic E-state index is -0.442. The van der Waals surface area contributed by atoms with Crippen molar-refractivity contribution in [3.8, 4) is 0 Å². The van der Waals surface area contributed by atoms with Crippen molar-refractivity contribution >= 4 is 22.6 Å². The van der Waals surface area contributed by atoms with Crippen LogP contribution in [0.1, 0.15) is 44.2 Å². The number of anilines is 1. The number of nitrogens with zero attached hydrogens (tertiary/aromatic N) is 2. The van der Waals surface area contributed by atoms with Crippen molar-refractivity contribution < 1.29 is 9.53 Å². The van der Waals surface area contributed by atoms with Gasteiger partial charge in [0.25, 0.3) is 0 Å². The van der Waals surface area contributed by atoms with Crippen molar-refractivity contribution in [1.29, 1.82) is 0 Å². The monoisotopic (exact) mass is 309 g/mol. The number of rotatable bonds is 3. The van der Waals surface area contributed by atoms with Gasteiger partial charge in [0.05, 0.1) is 12.2 Å². The average Bonchev–Trinajstić information content (AvgIpc) is 3.12. The molecule has 116 valence electrons. The minimum Gasteiger partial charge on any atom is -0.444 e. The first-order valence-electron chi connectivity index (χ1n) is 7.61. The van der Waals surface area contributed by atoms with Crippen LogP contribution >= 0.6 is 11.3 Å². The van der Waals surface area contributed by atoms with Crippen molar-refractivity contribution in [3.63, 3.8) is 0 Å². The second-order valence-electron chi connectivity index (χ2n) is 6.87. The van der Waals surface area contributed by atoms with E-state index in [1.54, 1.807) is 16.2 Å². The van der Waals surface area contributed by atoms with Gasteiger partial charge in [-0.05, 0) is 39.5 Å². The number of aromatic nitrogens is 1. The Kier molecular flexibility index (Phi) is 3.82. The summed E-state index contributed by atoms with van der Waals surface area (Å²) in [6, 6.07) is 0. The molecule has 0 atom stereocenters. The van der Waals surface area contributed by atoms with E-state index in [4.69, 9.17) is 4.74 Å². The van der Waals surface area contributed by atoms with E-state index in [0.717, 1.165) is 29.7 Å². The number of fused-ring (bicyclic) bond motifs is 1. The molecule has 21 heavy (non-hydrogen) atoms. The van der Waals surface area contributed by atoms with Gasteiger partial charge in [-0.3, -0.25) is 0 Å². The Morgan fingerprint density at radius 1 is 1.48 bits per heavy atom. The van der Waals surface area contributed by atoms with Crippen molar-refractivity contribution in [2.75, 3.05) is 18.4 Å². The topological polar surface area (TPSA) is 54.5 Å². The third kappa shape index (κ3) is 3.87. The van der Waals surface area contributed by atoms with Gasteiger partial charge in [0.15, 0.2) is 5.13 Å². The summed E-state index contributed by atoms with van der Waals surface area (Å²) < 4.78 is 5.44. The van der Waals surface area contributed by atoms with Gasteiger partial charge in [0, 0.05) is 24.4 Å². The first kappa shape index (κ1) is 14.6. The Balaban J connectivity index is 1.60. The summed E-state index contributed by atoms with van der Waals surface area (Å²) in [5.74, 6) is 0.837. The molecule has 0 unspecified atom stereocenters. The van der Waals surface area contributed by atoms with E-state index < -0.39 is 5.60 Å². The fraction of sp³-hybridized carbons (Fsp3) is 0.733. The summed E-state index contributed by atoms with van der Waals surface area (Å²) in [6.45, 7) is 8.02. The summed E-state index contributed by atoms with van der Waals surface area (Å²) in [6.07, 6.45) is 3.26. The van der Waals surface area contributed by atoms with Crippen LogP contribution < -0.4 is 5.32 Å². The molecule has 2 aliphatic rings. The molecule has 1 aliphatic carbocycles. The second-order valence-corrected chi connectivity index (χ2v) is 7.95. The molecular formula is C15H23N3O2S. The van der Waals surface area contributed by atoms with E-state index in [1.165, 1.54) is 17.7 Å². The Hall–Kier alpha value is -1.30. The van der Waals surface area contributed by atoms with Crippen LogP contribution in [0.2, 0.25) is 0 Å². The molecule has 1 amide bonds. The molecule has 1 aromatic rings. The fourth-order valence-corrected chi connectivity index (χ4v) is 3.34. The number of nitrogens with one attached hydrogen (secondary N) is 1. The number of hydrogen-bond donors (Lipinski definition) is 1. The summed E-state index contributed by atoms with van der Waals surface area (Å²) in [4.78, 5) is 19.7. The molecule has 0 saturated heterocycles. The molecule has 3 rings (SSSR count). The van der Waals surface area contributed by atoms with Gasteiger partial charge in [-0.1, -0.05) is 11.3 Å². The molecule has 1 fully saturated rings. The standard InChI is InChI=1S/C15H23N3O2S/c1-15(2,3)20-14(19)18-7-6-11-12(9-18)21-13(17-11)16-8-10-4-5-10/h10H,4-9H2,1-3H3,(H,16,17). The first-order valence-corrected chi connectivity index (χ1v) is 8.43. The molecule has 6 heteroatoms. The van der Waals surface area contributed by atoms with E-state index in [-0.39, 0.29) is 6.09 Å². The molecule has 0 bridgehead atoms. The Labute approximate surface area is 129 Å². The first-order chi connectivity index (χ1) is 9.90. The number of thiazole rings is 1. The highest BCUT2D eigenvalue weighted by Crippen LogP contribution is 2.32. The summed E-state index contributed by atoms with van der Waals surface area (Å²) >= 11 is 1.67. The van der Waals surface area contributed by atoms with Crippen LogP contribution in [0.15, 0.2) is 0 Å². The van der Waals surface area contributed by atoms with Crippen LogP contribution in [0.5, 0.6) is 0 Å². The Bertz CT molecular complexity index is 532. The quantitative estimate of drug-likeness (QED) is 0.931. The summed E-state index contributed by atoms with van der Waals surface area (Å²) in [5, 5.41) is 4.42. The lowest BCUT2D eigenvalue weighted by molar-refractivity contribution is 0.0225. The fourth-order valence-electron chi connectivity index (χ4n) is 2.31. The molecule has 0 spiro atoms. The number of amides is 1. The second kappa shape index (κ2) is 5.48. The van der Waals surface area contributed by atoms with E-state index in [2.05, 4.69) is 10.3 Å². The zero-order valence-corrected chi connectivity index (χ0v) is 13.8. The number of carbonyl (C=O) groups is 1. The van der Waals surface area contributed by atoms with Crippen molar-refractivity contribution in [3.05, 3.63) is 10.6 Å². The lowest BCUT2D eigenvalue weighted by Crippen LogP contribution is -2.39. The van der Waals surface area contributed by atoms with Crippen LogP contribution in [0.25, 0.3) is 0 Å². The summed E-state index contributed by atoms with van der Waals surface area (Å²) in [5.41, 5.74) is 0.695. The molecule has 0 aromatic carbocycles. The van der Waals surface area contributed by atoms with E-state index in [9.17, 15) is 4.79 Å². The normalized spacial score (nSPS) is 18.3. The number of ether oxygens (including phenoxy) is 1. The minimum absolute atomic E-state index is 0.228. The highest BCUT2D eigenvalue weighted by atomic mass is 32.1. The van der Waals surface area contributed by atoms with Gasteiger partial charge < -0.3 is 15.0 Å². The zero-order valence-electron chi connectivity index (χ0n) is 12.9. The predicted molar refractivity (Wildman–Crippen MR) is 83.7 cm³/mol.